The van der Waals surface area contributed by atoms with Crippen LogP contribution in [0.5, 0.6) is 0 Å². The summed E-state index contributed by atoms with van der Waals surface area (Å²) in [5.74, 6) is -1.22. The van der Waals surface area contributed by atoms with E-state index < -0.39 is 23.4 Å². The summed E-state index contributed by atoms with van der Waals surface area (Å²) in [6, 6.07) is 4.20. The molecule has 2 aliphatic heterocycles. The molecular formula is C25H26ClF3N6. The summed E-state index contributed by atoms with van der Waals surface area (Å²) in [6.07, 6.45) is 7.22. The van der Waals surface area contributed by atoms with Crippen LogP contribution in [-0.4, -0.2) is 38.1 Å². The van der Waals surface area contributed by atoms with Crippen LogP contribution in [0.15, 0.2) is 24.4 Å². The van der Waals surface area contributed by atoms with Crippen LogP contribution < -0.4 is 4.90 Å². The van der Waals surface area contributed by atoms with Crippen molar-refractivity contribution >= 4 is 17.3 Å². The molecule has 1 aliphatic carbocycles. The van der Waals surface area contributed by atoms with Crippen molar-refractivity contribution in [2.75, 3.05) is 18.0 Å². The Bertz CT molecular complexity index is 1240. The number of nitrogens with zero attached hydrogens (tertiary/aromatic N) is 6. The molecule has 10 heteroatoms. The van der Waals surface area contributed by atoms with Gasteiger partial charge in [-0.15, -0.1) is 5.10 Å². The van der Waals surface area contributed by atoms with Crippen LogP contribution in [0, 0.1) is 35.2 Å². The summed E-state index contributed by atoms with van der Waals surface area (Å²) in [5.41, 5.74) is 1.16. The van der Waals surface area contributed by atoms with Crippen LogP contribution in [0.3, 0.4) is 0 Å². The second-order valence-corrected chi connectivity index (χ2v) is 10.4. The van der Waals surface area contributed by atoms with E-state index in [-0.39, 0.29) is 5.56 Å². The molecule has 35 heavy (non-hydrogen) atoms. The zero-order valence-corrected chi connectivity index (χ0v) is 19.9. The Morgan fingerprint density at radius 2 is 1.80 bits per heavy atom. The molecule has 0 N–H and O–H groups in total. The zero-order chi connectivity index (χ0) is 24.1. The maximum absolute atomic E-state index is 14.7. The van der Waals surface area contributed by atoms with Crippen molar-refractivity contribution in [1.29, 1.82) is 0 Å². The molecule has 1 unspecified atom stereocenters. The lowest BCUT2D eigenvalue weighted by Gasteiger charge is -2.38. The van der Waals surface area contributed by atoms with E-state index in [9.17, 15) is 13.2 Å². The molecule has 4 atom stereocenters. The van der Waals surface area contributed by atoms with Gasteiger partial charge in [0.1, 0.15) is 5.82 Å². The third kappa shape index (κ3) is 4.17. The second kappa shape index (κ2) is 9.08. The highest BCUT2D eigenvalue weighted by molar-refractivity contribution is 6.29. The van der Waals surface area contributed by atoms with Gasteiger partial charge < -0.3 is 4.90 Å². The molecule has 3 aliphatic rings. The van der Waals surface area contributed by atoms with Gasteiger partial charge in [0.2, 0.25) is 0 Å². The first-order valence-electron chi connectivity index (χ1n) is 12.3. The minimum absolute atomic E-state index is 0.156. The number of halogens is 4. The van der Waals surface area contributed by atoms with E-state index in [4.69, 9.17) is 21.7 Å². The zero-order valence-electron chi connectivity index (χ0n) is 19.2. The highest BCUT2D eigenvalue weighted by Crippen LogP contribution is 2.45. The molecule has 184 valence electrons. The monoisotopic (exact) mass is 502 g/mol. The van der Waals surface area contributed by atoms with Crippen LogP contribution >= 0.6 is 11.6 Å². The summed E-state index contributed by atoms with van der Waals surface area (Å²) >= 11 is 6.05. The third-order valence-electron chi connectivity index (χ3n) is 8.03. The van der Waals surface area contributed by atoms with Gasteiger partial charge in [-0.05, 0) is 49.5 Å². The van der Waals surface area contributed by atoms with Crippen molar-refractivity contribution in [3.63, 3.8) is 0 Å². The van der Waals surface area contributed by atoms with E-state index >= 15 is 0 Å². The fourth-order valence-corrected chi connectivity index (χ4v) is 6.51. The van der Waals surface area contributed by atoms with Gasteiger partial charge in [-0.25, -0.2) is 22.8 Å². The van der Waals surface area contributed by atoms with Gasteiger partial charge >= 0.3 is 0 Å². The lowest BCUT2D eigenvalue weighted by molar-refractivity contribution is 0.265. The van der Waals surface area contributed by atoms with Crippen LogP contribution in [0.4, 0.5) is 18.9 Å². The van der Waals surface area contributed by atoms with E-state index in [1.165, 1.54) is 6.07 Å². The van der Waals surface area contributed by atoms with Crippen molar-refractivity contribution in [1.82, 2.24) is 25.0 Å². The molecule has 0 amide bonds. The number of aryl methyl sites for hydroxylation is 1. The Morgan fingerprint density at radius 3 is 2.57 bits per heavy atom. The van der Waals surface area contributed by atoms with Gasteiger partial charge in [-0.1, -0.05) is 24.1 Å². The summed E-state index contributed by atoms with van der Waals surface area (Å²) in [7, 11) is 0. The Labute approximate surface area is 206 Å². The normalized spacial score (nSPS) is 26.0. The highest BCUT2D eigenvalue weighted by Gasteiger charge is 2.43. The first kappa shape index (κ1) is 22.8. The molecule has 0 radical (unpaired) electrons. The number of aromatic nitrogens is 5. The molecule has 1 saturated heterocycles. The van der Waals surface area contributed by atoms with E-state index in [0.29, 0.717) is 41.7 Å². The topological polar surface area (TPSA) is 59.7 Å². The molecule has 4 heterocycles. The second-order valence-electron chi connectivity index (χ2n) is 10.0. The third-order valence-corrected chi connectivity index (χ3v) is 8.22. The quantitative estimate of drug-likeness (QED) is 0.461. The minimum Gasteiger partial charge on any atom is -0.370 e. The summed E-state index contributed by atoms with van der Waals surface area (Å²) in [4.78, 5) is 7.21. The van der Waals surface area contributed by atoms with Gasteiger partial charge in [0, 0.05) is 43.6 Å². The first-order valence-corrected chi connectivity index (χ1v) is 12.7. The number of anilines is 1. The average molecular weight is 503 g/mol. The molecule has 6 rings (SSSR count). The van der Waals surface area contributed by atoms with Crippen molar-refractivity contribution in [2.24, 2.45) is 17.8 Å². The largest absolute Gasteiger partial charge is 0.370 e. The molecule has 2 bridgehead atoms. The standard InChI is InChI=1S/C25H26ClF3N6/c26-21-9-16(11-30-32-21)34-12-14-4-5-15(13-34)19(14)10-22-31-25-18(3-1-2-8-35(25)33-22)17-6-7-20(27)24(29)23(17)28/h6-7,9,11,14-15,18-19H,1-5,8,10,12-13H2/t14-,15+,18-,19?/m1/s1. The Hall–Kier alpha value is -2.68. The molecule has 1 saturated carbocycles. The summed E-state index contributed by atoms with van der Waals surface area (Å²) in [5, 5.41) is 13.0. The lowest BCUT2D eigenvalue weighted by Crippen LogP contribution is -2.42. The predicted molar refractivity (Wildman–Crippen MR) is 125 cm³/mol. The van der Waals surface area contributed by atoms with Gasteiger partial charge in [0.15, 0.2) is 28.4 Å². The maximum Gasteiger partial charge on any atom is 0.194 e. The fourth-order valence-electron chi connectivity index (χ4n) is 6.35. The fraction of sp³-hybridized carbons (Fsp3) is 0.520. The molecular weight excluding hydrogens is 477 g/mol. The van der Waals surface area contributed by atoms with Crippen LogP contribution in [0.1, 0.15) is 55.2 Å². The number of hydrogen-bond donors (Lipinski definition) is 0. The van der Waals surface area contributed by atoms with Crippen molar-refractivity contribution in [3.05, 3.63) is 64.2 Å². The van der Waals surface area contributed by atoms with Crippen molar-refractivity contribution in [2.45, 2.75) is 51.0 Å². The van der Waals surface area contributed by atoms with Crippen molar-refractivity contribution < 1.29 is 13.2 Å². The number of rotatable bonds is 4. The van der Waals surface area contributed by atoms with Gasteiger partial charge in [0.25, 0.3) is 0 Å². The lowest BCUT2D eigenvalue weighted by atomic mass is 9.82. The van der Waals surface area contributed by atoms with Gasteiger partial charge in [0.05, 0.1) is 11.9 Å². The minimum atomic E-state index is -1.42. The summed E-state index contributed by atoms with van der Waals surface area (Å²) < 4.78 is 44.1. The van der Waals surface area contributed by atoms with E-state index in [0.717, 1.165) is 62.8 Å². The molecule has 2 fully saturated rings. The van der Waals surface area contributed by atoms with E-state index in [1.807, 2.05) is 10.7 Å². The molecule has 3 aromatic rings. The van der Waals surface area contributed by atoms with E-state index in [1.54, 1.807) is 6.20 Å². The number of benzene rings is 1. The smallest absolute Gasteiger partial charge is 0.194 e. The van der Waals surface area contributed by atoms with Crippen LogP contribution in [-0.2, 0) is 13.0 Å². The Balaban J connectivity index is 1.24. The van der Waals surface area contributed by atoms with Crippen LogP contribution in [0.25, 0.3) is 0 Å². The maximum atomic E-state index is 14.7. The van der Waals surface area contributed by atoms with E-state index in [2.05, 4.69) is 15.1 Å². The molecule has 2 aromatic heterocycles. The number of fused-ring (bicyclic) bond motifs is 3. The van der Waals surface area contributed by atoms with Crippen LogP contribution in [0.2, 0.25) is 5.15 Å². The van der Waals surface area contributed by atoms with Crippen molar-refractivity contribution in [3.8, 4) is 0 Å². The average Bonchev–Trinajstić information content (AvgIpc) is 3.25. The first-order chi connectivity index (χ1) is 17.0. The highest BCUT2D eigenvalue weighted by atomic mass is 35.5. The SMILES string of the molecule is Fc1ccc([C@H]2CCCCn3nc(CC4[C@@H]5CC[C@H]4CN(c4cnnc(Cl)c4)C5)nc32)c(F)c1F. The molecule has 6 nitrogen and oxygen atoms in total. The van der Waals surface area contributed by atoms with Gasteiger partial charge in [-0.3, -0.25) is 0 Å². The number of piperidine rings is 1. The Morgan fingerprint density at radius 1 is 1.00 bits per heavy atom. The summed E-state index contributed by atoms with van der Waals surface area (Å²) in [6.45, 7) is 2.56. The predicted octanol–water partition coefficient (Wildman–Crippen LogP) is 5.16. The molecule has 1 aromatic carbocycles. The number of hydrogen-bond acceptors (Lipinski definition) is 5. The molecule has 0 spiro atoms. The Kier molecular flexibility index (Phi) is 5.90. The van der Waals surface area contributed by atoms with Gasteiger partial charge in [-0.2, -0.15) is 10.2 Å².